The van der Waals surface area contributed by atoms with E-state index in [0.717, 1.165) is 52.1 Å². The molecule has 0 aromatic heterocycles. The molecule has 1 fully saturated rings. The topological polar surface area (TPSA) is 246 Å². The van der Waals surface area contributed by atoms with Crippen LogP contribution < -0.4 is 45.0 Å². The highest BCUT2D eigenvalue weighted by atomic mass is 16.2. The molecule has 0 radical (unpaired) electrons. The molecule has 14 nitrogen and oxygen atoms in total. The van der Waals surface area contributed by atoms with Crippen molar-refractivity contribution in [3.63, 3.8) is 0 Å². The van der Waals surface area contributed by atoms with Crippen molar-refractivity contribution >= 4 is 23.7 Å². The predicted octanol–water partition coefficient (Wildman–Crippen LogP) is -2.99. The number of amides is 2. The minimum absolute atomic E-state index is 0. The fourth-order valence-corrected chi connectivity index (χ4v) is 3.83. The third kappa shape index (κ3) is 17.4. The molecular weight excluding hydrogens is 476 g/mol. The lowest BCUT2D eigenvalue weighted by Gasteiger charge is -2.34. The minimum atomic E-state index is -0.542. The van der Waals surface area contributed by atoms with Gasteiger partial charge in [-0.15, -0.1) is 0 Å². The fraction of sp³-hybridized carbons (Fsp3) is 0.826. The van der Waals surface area contributed by atoms with Gasteiger partial charge in [0.25, 0.3) is 0 Å². The molecule has 0 saturated carbocycles. The summed E-state index contributed by atoms with van der Waals surface area (Å²) in [5.74, 6) is -0.175. The summed E-state index contributed by atoms with van der Waals surface area (Å²) in [4.78, 5) is 36.7. The summed E-state index contributed by atoms with van der Waals surface area (Å²) >= 11 is 0. The predicted molar refractivity (Wildman–Crippen MR) is 151 cm³/mol. The molecular formula is C23H52N12O2. The quantitative estimate of drug-likeness (QED) is 0.0509. The lowest BCUT2D eigenvalue weighted by molar-refractivity contribution is -0.123. The Bertz CT molecular complexity index is 629. The van der Waals surface area contributed by atoms with Gasteiger partial charge in [0.1, 0.15) is 0 Å². The number of hydrogen-bond donors (Lipinski definition) is 8. The third-order valence-electron chi connectivity index (χ3n) is 5.97. The number of piperazine rings is 1. The van der Waals surface area contributed by atoms with Gasteiger partial charge in [-0.2, -0.15) is 0 Å². The van der Waals surface area contributed by atoms with Crippen molar-refractivity contribution in [2.24, 2.45) is 44.4 Å². The maximum atomic E-state index is 12.1. The van der Waals surface area contributed by atoms with Crippen LogP contribution in [0.1, 0.15) is 46.0 Å². The number of carbonyl (C=O) groups is 2. The van der Waals surface area contributed by atoms with Gasteiger partial charge in [0.15, 0.2) is 11.9 Å². The first-order valence-electron chi connectivity index (χ1n) is 12.8. The van der Waals surface area contributed by atoms with Crippen LogP contribution in [0.4, 0.5) is 0 Å². The maximum Gasteiger partial charge on any atom is 0.236 e. The van der Waals surface area contributed by atoms with Gasteiger partial charge in [-0.1, -0.05) is 7.43 Å². The monoisotopic (exact) mass is 528 g/mol. The highest BCUT2D eigenvalue weighted by molar-refractivity contribution is 5.81. The largest absolute Gasteiger partial charge is 0.370 e. The van der Waals surface area contributed by atoms with E-state index in [2.05, 4.69) is 30.4 Å². The molecule has 0 spiro atoms. The van der Waals surface area contributed by atoms with Crippen LogP contribution in [0.5, 0.6) is 0 Å². The normalized spacial score (nSPS) is 15.6. The van der Waals surface area contributed by atoms with Gasteiger partial charge in [0, 0.05) is 52.4 Å². The molecule has 1 saturated heterocycles. The van der Waals surface area contributed by atoms with E-state index in [4.69, 9.17) is 34.4 Å². The summed E-state index contributed by atoms with van der Waals surface area (Å²) in [6.07, 6.45) is 4.18. The Morgan fingerprint density at radius 1 is 0.676 bits per heavy atom. The SMILES string of the molecule is C.NC(N)=NCCCC(N)C(=O)NCCCN1CCN(CCCNC(=O)C(N)CCCN=C(N)N)CC1. The molecule has 2 amide bonds. The molecule has 1 aliphatic rings. The second kappa shape index (κ2) is 20.4. The highest BCUT2D eigenvalue weighted by Crippen LogP contribution is 2.03. The number of aliphatic imine (C=N–C) groups is 2. The summed E-state index contributed by atoms with van der Waals surface area (Å²) in [6, 6.07) is -1.08. The van der Waals surface area contributed by atoms with E-state index >= 15 is 0 Å². The molecule has 0 aromatic rings. The van der Waals surface area contributed by atoms with Crippen molar-refractivity contribution in [1.82, 2.24) is 20.4 Å². The summed E-state index contributed by atoms with van der Waals surface area (Å²) < 4.78 is 0. The highest BCUT2D eigenvalue weighted by Gasteiger charge is 2.17. The number of rotatable bonds is 18. The van der Waals surface area contributed by atoms with Crippen LogP contribution in [0.15, 0.2) is 9.98 Å². The van der Waals surface area contributed by atoms with Crippen LogP contribution >= 0.6 is 0 Å². The Kier molecular flexibility index (Phi) is 18.9. The lowest BCUT2D eigenvalue weighted by Crippen LogP contribution is -2.48. The number of nitrogens with one attached hydrogen (secondary N) is 2. The first kappa shape index (κ1) is 34.3. The van der Waals surface area contributed by atoms with Crippen molar-refractivity contribution in [1.29, 1.82) is 0 Å². The lowest BCUT2D eigenvalue weighted by atomic mass is 10.1. The fourth-order valence-electron chi connectivity index (χ4n) is 3.83. The number of carbonyl (C=O) groups excluding carboxylic acids is 2. The standard InChI is InChI=1S/C22H48N12O2.CH4/c23-17(5-1-7-31-21(25)26)19(35)29-9-3-11-33-13-15-34(16-14-33)12-4-10-30-20(36)18(24)6-2-8-32-22(27)28;/h17-18H,1-16,23-24H2,(H,29,35)(H,30,36)(H4,25,26,31)(H4,27,28,32);1H4. The van der Waals surface area contributed by atoms with Crippen LogP contribution in [0.25, 0.3) is 0 Å². The molecule has 2 atom stereocenters. The molecule has 0 bridgehead atoms. The smallest absolute Gasteiger partial charge is 0.236 e. The van der Waals surface area contributed by atoms with E-state index in [-0.39, 0.29) is 31.2 Å². The molecule has 14 heteroatoms. The van der Waals surface area contributed by atoms with E-state index < -0.39 is 12.1 Å². The van der Waals surface area contributed by atoms with Gasteiger partial charge >= 0.3 is 0 Å². The van der Waals surface area contributed by atoms with Crippen LogP contribution in [0, 0.1) is 0 Å². The molecule has 37 heavy (non-hydrogen) atoms. The van der Waals surface area contributed by atoms with Crippen LogP contribution in [-0.4, -0.2) is 111 Å². The Balaban J connectivity index is 0.0000130. The molecule has 1 heterocycles. The summed E-state index contributed by atoms with van der Waals surface area (Å²) in [5, 5.41) is 5.81. The third-order valence-corrected chi connectivity index (χ3v) is 5.97. The molecule has 2 unspecified atom stereocenters. The van der Waals surface area contributed by atoms with Crippen LogP contribution in [-0.2, 0) is 9.59 Å². The number of nitrogens with two attached hydrogens (primary N) is 6. The van der Waals surface area contributed by atoms with E-state index in [1.807, 2.05) is 0 Å². The van der Waals surface area contributed by atoms with Gasteiger partial charge in [-0.3, -0.25) is 19.6 Å². The molecule has 14 N–H and O–H groups in total. The molecule has 216 valence electrons. The zero-order valence-corrected chi connectivity index (χ0v) is 21.5. The van der Waals surface area contributed by atoms with Crippen molar-refractivity contribution in [2.45, 2.75) is 58.0 Å². The first-order chi connectivity index (χ1) is 17.2. The number of guanidine groups is 2. The van der Waals surface area contributed by atoms with Gasteiger partial charge in [-0.25, -0.2) is 0 Å². The Morgan fingerprint density at radius 3 is 1.35 bits per heavy atom. The first-order valence-corrected chi connectivity index (χ1v) is 12.8. The van der Waals surface area contributed by atoms with Gasteiger partial charge in [0.2, 0.25) is 11.8 Å². The molecule has 0 aliphatic carbocycles. The van der Waals surface area contributed by atoms with Crippen LogP contribution in [0.3, 0.4) is 0 Å². The molecule has 0 aromatic carbocycles. The summed E-state index contributed by atoms with van der Waals surface area (Å²) in [7, 11) is 0. The van der Waals surface area contributed by atoms with Crippen molar-refractivity contribution in [3.8, 4) is 0 Å². The zero-order chi connectivity index (χ0) is 26.8. The Labute approximate surface area is 222 Å². The number of hydrogen-bond acceptors (Lipinski definition) is 8. The van der Waals surface area contributed by atoms with E-state index in [0.29, 0.717) is 51.9 Å². The Hall–Kier alpha value is -2.68. The maximum absolute atomic E-state index is 12.1. The molecule has 1 aliphatic heterocycles. The van der Waals surface area contributed by atoms with Crippen LogP contribution in [0.2, 0.25) is 0 Å². The summed E-state index contributed by atoms with van der Waals surface area (Å²) in [6.45, 7) is 8.00. The second-order valence-corrected chi connectivity index (χ2v) is 9.08. The van der Waals surface area contributed by atoms with Crippen molar-refractivity contribution in [2.75, 3.05) is 65.4 Å². The van der Waals surface area contributed by atoms with Gasteiger partial charge in [-0.05, 0) is 51.6 Å². The average Bonchev–Trinajstić information content (AvgIpc) is 2.84. The number of nitrogens with zero attached hydrogens (tertiary/aromatic N) is 4. The van der Waals surface area contributed by atoms with E-state index in [1.165, 1.54) is 0 Å². The zero-order valence-electron chi connectivity index (χ0n) is 21.5. The molecule has 1 rings (SSSR count). The van der Waals surface area contributed by atoms with Gasteiger partial charge < -0.3 is 54.8 Å². The van der Waals surface area contributed by atoms with Crippen molar-refractivity contribution in [3.05, 3.63) is 0 Å². The Morgan fingerprint density at radius 2 is 1.03 bits per heavy atom. The van der Waals surface area contributed by atoms with Crippen molar-refractivity contribution < 1.29 is 9.59 Å². The minimum Gasteiger partial charge on any atom is -0.370 e. The second-order valence-electron chi connectivity index (χ2n) is 9.08. The van der Waals surface area contributed by atoms with E-state index in [1.54, 1.807) is 0 Å². The summed E-state index contributed by atoms with van der Waals surface area (Å²) in [5.41, 5.74) is 32.9. The van der Waals surface area contributed by atoms with Gasteiger partial charge in [0.05, 0.1) is 12.1 Å². The average molecular weight is 529 g/mol. The van der Waals surface area contributed by atoms with E-state index in [9.17, 15) is 9.59 Å².